The summed E-state index contributed by atoms with van der Waals surface area (Å²) in [5.74, 6) is 0. The first kappa shape index (κ1) is 21.3. The zero-order valence-electron chi connectivity index (χ0n) is 12.3. The summed E-state index contributed by atoms with van der Waals surface area (Å²) in [6.45, 7) is 11.0. The molecule has 0 N–H and O–H groups in total. The van der Waals surface area contributed by atoms with E-state index in [0.717, 1.165) is 5.71 Å². The van der Waals surface area contributed by atoms with Crippen LogP contribution >= 0.6 is 11.9 Å². The molecule has 0 aliphatic carbocycles. The monoisotopic (exact) mass is 249 g/mol. The minimum absolute atomic E-state index is 0.640. The molecule has 0 aromatic carbocycles. The van der Waals surface area contributed by atoms with Gasteiger partial charge in [-0.2, -0.15) is 0 Å². The summed E-state index contributed by atoms with van der Waals surface area (Å²) in [6.07, 6.45) is 7.47. The molecule has 2 nitrogen and oxygen atoms in total. The molecule has 0 aromatic rings. The average Bonchev–Trinajstić information content (AvgIpc) is 2.30. The van der Waals surface area contributed by atoms with E-state index in [1.54, 1.807) is 7.11 Å². The predicted molar refractivity (Wildman–Crippen MR) is 79.7 cm³/mol. The highest BCUT2D eigenvalue weighted by Crippen LogP contribution is 1.95. The molecule has 16 heavy (non-hydrogen) atoms. The van der Waals surface area contributed by atoms with Crippen LogP contribution in [0.1, 0.15) is 60.3 Å². The second kappa shape index (κ2) is 24.3. The van der Waals surface area contributed by atoms with Gasteiger partial charge >= 0.3 is 0 Å². The number of methoxy groups -OCH3 is 1. The maximum absolute atomic E-state index is 4.81. The summed E-state index contributed by atoms with van der Waals surface area (Å²) in [5, 5.41) is 0. The first-order chi connectivity index (χ1) is 7.72. The topological polar surface area (TPSA) is 21.6 Å². The van der Waals surface area contributed by atoms with Crippen molar-refractivity contribution in [2.24, 2.45) is 4.40 Å². The van der Waals surface area contributed by atoms with Gasteiger partial charge in [0.1, 0.15) is 0 Å². The minimum atomic E-state index is 0.640. The van der Waals surface area contributed by atoms with Crippen LogP contribution in [0, 0.1) is 0 Å². The summed E-state index contributed by atoms with van der Waals surface area (Å²) in [6, 6.07) is 0. The van der Waals surface area contributed by atoms with Crippen LogP contribution in [-0.2, 0) is 4.74 Å². The smallest absolute Gasteiger partial charge is 0.0848 e. The molecule has 0 bridgehead atoms. The summed E-state index contributed by atoms with van der Waals surface area (Å²) < 4.78 is 8.83. The Morgan fingerprint density at radius 2 is 1.56 bits per heavy atom. The quantitative estimate of drug-likeness (QED) is 0.376. The summed E-state index contributed by atoms with van der Waals surface area (Å²) in [4.78, 5) is 0. The van der Waals surface area contributed by atoms with Crippen molar-refractivity contribution in [3.05, 3.63) is 0 Å². The first-order valence-electron chi connectivity index (χ1n) is 6.28. The van der Waals surface area contributed by atoms with Crippen LogP contribution < -0.4 is 0 Å². The van der Waals surface area contributed by atoms with Crippen molar-refractivity contribution in [3.63, 3.8) is 0 Å². The van der Waals surface area contributed by atoms with Gasteiger partial charge in [-0.15, -0.1) is 0 Å². The molecule has 0 aromatic heterocycles. The Hall–Kier alpha value is -0.0200. The van der Waals surface area contributed by atoms with Gasteiger partial charge in [0, 0.05) is 19.1 Å². The predicted octanol–water partition coefficient (Wildman–Crippen LogP) is 4.98. The van der Waals surface area contributed by atoms with Crippen LogP contribution in [0.5, 0.6) is 0 Å². The number of unbranched alkanes of at least 4 members (excludes halogenated alkanes) is 3. The fraction of sp³-hybridized carbons (Fsp3) is 0.923. The van der Waals surface area contributed by atoms with Crippen molar-refractivity contribution in [1.29, 1.82) is 0 Å². The van der Waals surface area contributed by atoms with Gasteiger partial charge in [-0.3, -0.25) is 0 Å². The lowest BCUT2D eigenvalue weighted by molar-refractivity contribution is 0.245. The Kier molecular flexibility index (Phi) is 32.3. The van der Waals surface area contributed by atoms with Gasteiger partial charge in [-0.05, 0) is 18.9 Å². The summed E-state index contributed by atoms with van der Waals surface area (Å²) in [5.41, 5.74) is 1.03. The van der Waals surface area contributed by atoms with Gasteiger partial charge in [0.2, 0.25) is 0 Å². The van der Waals surface area contributed by atoms with E-state index >= 15 is 0 Å². The van der Waals surface area contributed by atoms with Gasteiger partial charge < -0.3 is 4.74 Å². The summed E-state index contributed by atoms with van der Waals surface area (Å²) >= 11 is 1.46. The van der Waals surface area contributed by atoms with Gasteiger partial charge in [-0.25, -0.2) is 4.40 Å². The average molecular weight is 249 g/mol. The Labute approximate surface area is 107 Å². The third-order valence-corrected chi connectivity index (χ3v) is 2.05. The molecule has 0 saturated heterocycles. The molecule has 0 amide bonds. The molecule has 0 spiro atoms. The fourth-order valence-corrected chi connectivity index (χ4v) is 1.26. The van der Waals surface area contributed by atoms with Crippen LogP contribution in [-0.4, -0.2) is 25.7 Å². The van der Waals surface area contributed by atoms with Crippen molar-refractivity contribution in [1.82, 2.24) is 0 Å². The molecule has 0 heterocycles. The number of ether oxygens (including phenoxy) is 1. The maximum atomic E-state index is 4.81. The lowest BCUT2D eigenvalue weighted by Crippen LogP contribution is -1.99. The maximum Gasteiger partial charge on any atom is 0.0848 e. The van der Waals surface area contributed by atoms with Crippen molar-refractivity contribution < 1.29 is 4.74 Å². The third-order valence-electron chi connectivity index (χ3n) is 1.56. The molecule has 0 atom stereocenters. The van der Waals surface area contributed by atoms with E-state index in [-0.39, 0.29) is 0 Å². The van der Waals surface area contributed by atoms with E-state index in [1.807, 2.05) is 27.0 Å². The molecule has 0 fully saturated rings. The first-order valence-corrected chi connectivity index (χ1v) is 7.46. The largest absolute Gasteiger partial charge is 0.379 e. The minimum Gasteiger partial charge on any atom is -0.379 e. The highest BCUT2D eigenvalue weighted by atomic mass is 32.2. The van der Waals surface area contributed by atoms with Gasteiger partial charge in [-0.1, -0.05) is 53.4 Å². The number of nitrogens with zero attached hydrogens (tertiary/aromatic N) is 1. The normalized spacial score (nSPS) is 9.81. The van der Waals surface area contributed by atoms with Crippen molar-refractivity contribution in [2.45, 2.75) is 60.3 Å². The molecule has 0 radical (unpaired) electrons. The van der Waals surface area contributed by atoms with E-state index in [0.29, 0.717) is 6.61 Å². The molecule has 3 heteroatoms. The molecule has 100 valence electrons. The molecular weight excluding hydrogens is 218 g/mol. The van der Waals surface area contributed by atoms with Crippen molar-refractivity contribution >= 4 is 17.7 Å². The molecule has 0 aliphatic heterocycles. The second-order valence-electron chi connectivity index (χ2n) is 3.15. The van der Waals surface area contributed by atoms with Crippen LogP contribution in [0.25, 0.3) is 0 Å². The molecular formula is C13H31NOS. The van der Waals surface area contributed by atoms with Crippen LogP contribution in [0.4, 0.5) is 0 Å². The van der Waals surface area contributed by atoms with Crippen LogP contribution in [0.15, 0.2) is 4.40 Å². The molecule has 0 saturated carbocycles. The summed E-state index contributed by atoms with van der Waals surface area (Å²) in [7, 11) is 1.67. The van der Waals surface area contributed by atoms with Crippen LogP contribution in [0.2, 0.25) is 0 Å². The lowest BCUT2D eigenvalue weighted by atomic mass is 10.2. The Morgan fingerprint density at radius 1 is 1.12 bits per heavy atom. The lowest BCUT2D eigenvalue weighted by Gasteiger charge is -1.93. The number of hydrogen-bond donors (Lipinski definition) is 0. The Bertz CT molecular complexity index is 123. The second-order valence-corrected chi connectivity index (χ2v) is 3.70. The van der Waals surface area contributed by atoms with Crippen molar-refractivity contribution in [3.8, 4) is 0 Å². The highest BCUT2D eigenvalue weighted by Gasteiger charge is 1.84. The standard InChI is InChI=1S/C6H14.C5H11NOS.C2H6/c1-3-5-6-4-2;1-5(4-7-2)6-8-3;1-2/h3-6H2,1-2H3;4H2,1-3H3;1-2H3/b;6-5+;. The highest BCUT2D eigenvalue weighted by molar-refractivity contribution is 7.97. The zero-order valence-corrected chi connectivity index (χ0v) is 13.1. The van der Waals surface area contributed by atoms with Gasteiger partial charge in [0.05, 0.1) is 6.61 Å². The van der Waals surface area contributed by atoms with Gasteiger partial charge in [0.25, 0.3) is 0 Å². The number of rotatable bonds is 6. The van der Waals surface area contributed by atoms with Crippen molar-refractivity contribution in [2.75, 3.05) is 20.0 Å². The van der Waals surface area contributed by atoms with E-state index in [2.05, 4.69) is 18.2 Å². The van der Waals surface area contributed by atoms with E-state index in [9.17, 15) is 0 Å². The molecule has 0 aliphatic rings. The van der Waals surface area contributed by atoms with E-state index in [4.69, 9.17) is 4.74 Å². The SMILES string of the molecule is CC.CCCCCC.COC/C(C)=N/SC. The molecule has 0 rings (SSSR count). The fourth-order valence-electron chi connectivity index (χ4n) is 0.891. The zero-order chi connectivity index (χ0) is 13.2. The van der Waals surface area contributed by atoms with Gasteiger partial charge in [0.15, 0.2) is 0 Å². The third kappa shape index (κ3) is 29.2. The van der Waals surface area contributed by atoms with E-state index in [1.165, 1.54) is 37.6 Å². The Balaban J connectivity index is -0.000000188. The molecule has 0 unspecified atom stereocenters. The van der Waals surface area contributed by atoms with E-state index < -0.39 is 0 Å². The van der Waals surface area contributed by atoms with Crippen LogP contribution in [0.3, 0.4) is 0 Å². The Morgan fingerprint density at radius 3 is 1.81 bits per heavy atom. The number of hydrogen-bond acceptors (Lipinski definition) is 3.